The van der Waals surface area contributed by atoms with Crippen molar-refractivity contribution < 1.29 is 19.2 Å². The summed E-state index contributed by atoms with van der Waals surface area (Å²) in [6, 6.07) is 11.9. The molecule has 2 heterocycles. The van der Waals surface area contributed by atoms with Gasteiger partial charge >= 0.3 is 5.97 Å². The molecule has 0 unspecified atom stereocenters. The molecule has 0 amide bonds. The zero-order valence-electron chi connectivity index (χ0n) is 15.1. The Morgan fingerprint density at radius 3 is 2.82 bits per heavy atom. The first-order valence-electron chi connectivity index (χ1n) is 8.97. The number of morpholine rings is 1. The lowest BCUT2D eigenvalue weighted by Crippen LogP contribution is -2.37. The zero-order valence-corrected chi connectivity index (χ0v) is 15.1. The van der Waals surface area contributed by atoms with Gasteiger partial charge in [0.05, 0.1) is 29.4 Å². The van der Waals surface area contributed by atoms with E-state index in [4.69, 9.17) is 9.47 Å². The van der Waals surface area contributed by atoms with E-state index in [0.717, 1.165) is 16.5 Å². The number of nitro benzene ring substituents is 1. The van der Waals surface area contributed by atoms with Gasteiger partial charge in [-0.1, -0.05) is 12.1 Å². The van der Waals surface area contributed by atoms with Crippen LogP contribution < -0.4 is 4.90 Å². The lowest BCUT2D eigenvalue weighted by atomic mass is 10.1. The molecule has 1 aliphatic heterocycles. The number of carbonyl (C=O) groups is 1. The molecule has 144 valence electrons. The van der Waals surface area contributed by atoms with E-state index in [0.29, 0.717) is 32.0 Å². The summed E-state index contributed by atoms with van der Waals surface area (Å²) in [7, 11) is 0. The largest absolute Gasteiger partial charge is 0.457 e. The molecule has 8 heteroatoms. The highest BCUT2D eigenvalue weighted by molar-refractivity contribution is 5.97. The number of carbonyl (C=O) groups excluding carboxylic acids is 1. The van der Waals surface area contributed by atoms with Gasteiger partial charge in [-0.25, -0.2) is 4.79 Å². The van der Waals surface area contributed by atoms with Gasteiger partial charge in [0.2, 0.25) is 0 Å². The molecule has 8 nitrogen and oxygen atoms in total. The SMILES string of the molecule is O=C(OCc1cccc2[nH]ccc12)c1cc([N+](=O)[O-])ccc1N1CCOCC1. The van der Waals surface area contributed by atoms with E-state index in [1.807, 2.05) is 35.4 Å². The minimum Gasteiger partial charge on any atom is -0.457 e. The fourth-order valence-electron chi connectivity index (χ4n) is 3.38. The molecule has 28 heavy (non-hydrogen) atoms. The predicted molar refractivity (Wildman–Crippen MR) is 104 cm³/mol. The van der Waals surface area contributed by atoms with Gasteiger partial charge in [0.25, 0.3) is 5.69 Å². The fourth-order valence-corrected chi connectivity index (χ4v) is 3.38. The van der Waals surface area contributed by atoms with Gasteiger partial charge < -0.3 is 19.4 Å². The topological polar surface area (TPSA) is 97.7 Å². The molecular weight excluding hydrogens is 362 g/mol. The number of nitro groups is 1. The van der Waals surface area contributed by atoms with E-state index in [-0.39, 0.29) is 17.9 Å². The van der Waals surface area contributed by atoms with Gasteiger partial charge in [0, 0.05) is 42.3 Å². The van der Waals surface area contributed by atoms with Crippen molar-refractivity contribution in [2.24, 2.45) is 0 Å². The number of ether oxygens (including phenoxy) is 2. The number of esters is 1. The van der Waals surface area contributed by atoms with Crippen molar-refractivity contribution >= 4 is 28.2 Å². The number of nitrogens with one attached hydrogen (secondary N) is 1. The highest BCUT2D eigenvalue weighted by atomic mass is 16.6. The Balaban J connectivity index is 1.60. The Morgan fingerprint density at radius 2 is 2.04 bits per heavy atom. The number of fused-ring (bicyclic) bond motifs is 1. The normalized spacial score (nSPS) is 14.2. The van der Waals surface area contributed by atoms with Gasteiger partial charge in [-0.3, -0.25) is 10.1 Å². The lowest BCUT2D eigenvalue weighted by molar-refractivity contribution is -0.384. The summed E-state index contributed by atoms with van der Waals surface area (Å²) in [4.78, 5) is 28.6. The molecule has 4 rings (SSSR count). The van der Waals surface area contributed by atoms with E-state index in [9.17, 15) is 14.9 Å². The average Bonchev–Trinajstić information content (AvgIpc) is 3.21. The lowest BCUT2D eigenvalue weighted by Gasteiger charge is -2.30. The number of hydrogen-bond donors (Lipinski definition) is 1. The Kier molecular flexibility index (Phi) is 4.94. The molecule has 1 N–H and O–H groups in total. The first kappa shape index (κ1) is 18.0. The molecule has 1 saturated heterocycles. The van der Waals surface area contributed by atoms with Crippen molar-refractivity contribution in [2.75, 3.05) is 31.2 Å². The molecule has 1 aliphatic rings. The van der Waals surface area contributed by atoms with E-state index in [1.165, 1.54) is 12.1 Å². The van der Waals surface area contributed by atoms with Crippen molar-refractivity contribution in [3.63, 3.8) is 0 Å². The summed E-state index contributed by atoms with van der Waals surface area (Å²) in [5, 5.41) is 12.2. The highest BCUT2D eigenvalue weighted by Crippen LogP contribution is 2.28. The number of non-ortho nitro benzene ring substituents is 1. The first-order valence-corrected chi connectivity index (χ1v) is 8.97. The second-order valence-electron chi connectivity index (χ2n) is 6.49. The number of aromatic amines is 1. The van der Waals surface area contributed by atoms with Crippen LogP contribution >= 0.6 is 0 Å². The maximum absolute atomic E-state index is 12.8. The van der Waals surface area contributed by atoms with Crippen LogP contribution in [0.4, 0.5) is 11.4 Å². The summed E-state index contributed by atoms with van der Waals surface area (Å²) in [6.45, 7) is 2.39. The van der Waals surface area contributed by atoms with Crippen LogP contribution in [0.2, 0.25) is 0 Å². The molecular formula is C20H19N3O5. The van der Waals surface area contributed by atoms with Gasteiger partial charge in [-0.2, -0.15) is 0 Å². The van der Waals surface area contributed by atoms with Crippen molar-refractivity contribution in [2.45, 2.75) is 6.61 Å². The number of aromatic nitrogens is 1. The van der Waals surface area contributed by atoms with Crippen LogP contribution in [0, 0.1) is 10.1 Å². The Bertz CT molecular complexity index is 1020. The van der Waals surface area contributed by atoms with Crippen molar-refractivity contribution in [1.29, 1.82) is 0 Å². The van der Waals surface area contributed by atoms with Crippen LogP contribution in [-0.4, -0.2) is 42.2 Å². The van der Waals surface area contributed by atoms with E-state index < -0.39 is 10.9 Å². The summed E-state index contributed by atoms with van der Waals surface area (Å²) < 4.78 is 10.9. The Labute approximate surface area is 160 Å². The van der Waals surface area contributed by atoms with Gasteiger partial charge in [-0.15, -0.1) is 0 Å². The second kappa shape index (κ2) is 7.69. The third-order valence-electron chi connectivity index (χ3n) is 4.81. The molecule has 0 atom stereocenters. The van der Waals surface area contributed by atoms with E-state index in [2.05, 4.69) is 4.98 Å². The van der Waals surface area contributed by atoms with Crippen LogP contribution in [0.1, 0.15) is 15.9 Å². The maximum atomic E-state index is 12.8. The third kappa shape index (κ3) is 3.54. The van der Waals surface area contributed by atoms with Crippen LogP contribution in [0.5, 0.6) is 0 Å². The van der Waals surface area contributed by atoms with Crippen LogP contribution in [-0.2, 0) is 16.1 Å². The standard InChI is InChI=1S/C20H19N3O5/c24-20(28-13-14-2-1-3-18-16(14)6-7-21-18)17-12-15(23(25)26)4-5-19(17)22-8-10-27-11-9-22/h1-7,12,21H,8-11,13H2. The summed E-state index contributed by atoms with van der Waals surface area (Å²) in [5.74, 6) is -0.585. The summed E-state index contributed by atoms with van der Waals surface area (Å²) in [6.07, 6.45) is 1.83. The number of hydrogen-bond acceptors (Lipinski definition) is 6. The molecule has 1 aromatic heterocycles. The average molecular weight is 381 g/mol. The van der Waals surface area contributed by atoms with Crippen LogP contribution in [0.3, 0.4) is 0 Å². The number of nitrogens with zero attached hydrogens (tertiary/aromatic N) is 2. The molecule has 2 aromatic carbocycles. The Morgan fingerprint density at radius 1 is 1.21 bits per heavy atom. The smallest absolute Gasteiger partial charge is 0.340 e. The monoisotopic (exact) mass is 381 g/mol. The third-order valence-corrected chi connectivity index (χ3v) is 4.81. The molecule has 0 saturated carbocycles. The van der Waals surface area contributed by atoms with Gasteiger partial charge in [-0.05, 0) is 23.8 Å². The quantitative estimate of drug-likeness (QED) is 0.414. The molecule has 0 spiro atoms. The predicted octanol–water partition coefficient (Wildman–Crippen LogP) is 3.27. The first-order chi connectivity index (χ1) is 13.6. The number of anilines is 1. The fraction of sp³-hybridized carbons (Fsp3) is 0.250. The number of rotatable bonds is 5. The van der Waals surface area contributed by atoms with Crippen molar-refractivity contribution in [3.05, 3.63) is 69.9 Å². The van der Waals surface area contributed by atoms with Gasteiger partial charge in [0.15, 0.2) is 0 Å². The van der Waals surface area contributed by atoms with Crippen molar-refractivity contribution in [3.8, 4) is 0 Å². The molecule has 0 radical (unpaired) electrons. The maximum Gasteiger partial charge on any atom is 0.340 e. The minimum absolute atomic E-state index is 0.0826. The van der Waals surface area contributed by atoms with Crippen LogP contribution in [0.25, 0.3) is 10.9 Å². The highest BCUT2D eigenvalue weighted by Gasteiger charge is 2.23. The second-order valence-corrected chi connectivity index (χ2v) is 6.49. The van der Waals surface area contributed by atoms with E-state index >= 15 is 0 Å². The molecule has 3 aromatic rings. The molecule has 0 aliphatic carbocycles. The number of benzene rings is 2. The van der Waals surface area contributed by atoms with E-state index in [1.54, 1.807) is 6.07 Å². The zero-order chi connectivity index (χ0) is 19.5. The van der Waals surface area contributed by atoms with Gasteiger partial charge in [0.1, 0.15) is 6.61 Å². The number of H-pyrrole nitrogens is 1. The Hall–Kier alpha value is -3.39. The van der Waals surface area contributed by atoms with Crippen molar-refractivity contribution in [1.82, 2.24) is 4.98 Å². The summed E-state index contributed by atoms with van der Waals surface area (Å²) >= 11 is 0. The minimum atomic E-state index is -0.585. The summed E-state index contributed by atoms with van der Waals surface area (Å²) in [5.41, 5.74) is 2.50. The van der Waals surface area contributed by atoms with Crippen LogP contribution in [0.15, 0.2) is 48.7 Å². The molecule has 0 bridgehead atoms. The molecule has 1 fully saturated rings.